The molecule has 40 valence electrons. The lowest BCUT2D eigenvalue weighted by atomic mass is 11.1. The van der Waals surface area contributed by atoms with Crippen LogP contribution in [0.3, 0.4) is 0 Å². The van der Waals surface area contributed by atoms with Gasteiger partial charge in [0.15, 0.2) is 0 Å². The maximum Gasteiger partial charge on any atom is 0.0795 e. The maximum absolute atomic E-state index is 3.57. The Bertz CT molecular complexity index is 78.2. The van der Waals surface area contributed by atoms with Crippen molar-refractivity contribution in [1.29, 1.82) is 0 Å². The van der Waals surface area contributed by atoms with Crippen molar-refractivity contribution < 1.29 is 0 Å². The number of rotatable bonds is 2. The van der Waals surface area contributed by atoms with Gasteiger partial charge in [0, 0.05) is 13.2 Å². The second-order valence-electron chi connectivity index (χ2n) is 0.832. The Labute approximate surface area is 56.6 Å². The van der Waals surface area contributed by atoms with Crippen molar-refractivity contribution in [3.8, 4) is 0 Å². The van der Waals surface area contributed by atoms with Gasteiger partial charge in [0.25, 0.3) is 0 Å². The highest BCUT2D eigenvalue weighted by atomic mass is 127. The average Bonchev–Trinajstić information content (AvgIpc) is 1.61. The van der Waals surface area contributed by atoms with E-state index in [1.807, 2.05) is 22.9 Å². The molecule has 0 aromatic heterocycles. The molecule has 4 heteroatoms. The van der Waals surface area contributed by atoms with Crippen molar-refractivity contribution in [1.82, 2.24) is 3.22 Å². The molecule has 0 spiro atoms. The molecule has 0 aliphatic carbocycles. The minimum absolute atomic E-state index is 1.38. The standard InChI is InChI=1S/C3H6IN3/c1-3-5-6-7(2)4/h3H,1H2,2H3/b6-5-. The maximum atomic E-state index is 3.57. The lowest BCUT2D eigenvalue weighted by molar-refractivity contribution is 0.616. The molecule has 0 aliphatic heterocycles. The number of halogens is 1. The molecule has 0 saturated heterocycles. The molecular weight excluding hydrogens is 205 g/mol. The first-order chi connectivity index (χ1) is 3.27. The van der Waals surface area contributed by atoms with E-state index in [1.54, 1.807) is 10.3 Å². The number of nitrogens with zero attached hydrogens (tertiary/aromatic N) is 3. The second-order valence-corrected chi connectivity index (χ2v) is 2.23. The predicted octanol–water partition coefficient (Wildman–Crippen LogP) is 1.78. The molecule has 3 nitrogen and oxygen atoms in total. The van der Waals surface area contributed by atoms with Crippen LogP contribution in [0.15, 0.2) is 23.1 Å². The molecule has 0 fully saturated rings. The summed E-state index contributed by atoms with van der Waals surface area (Å²) in [5.41, 5.74) is 0. The molecule has 0 radical (unpaired) electrons. The molecule has 0 unspecified atom stereocenters. The van der Waals surface area contributed by atoms with Gasteiger partial charge in [0.1, 0.15) is 0 Å². The monoisotopic (exact) mass is 211 g/mol. The van der Waals surface area contributed by atoms with Gasteiger partial charge >= 0.3 is 0 Å². The Kier molecular flexibility index (Phi) is 3.97. The second kappa shape index (κ2) is 4.04. The molecule has 0 heterocycles. The summed E-state index contributed by atoms with van der Waals surface area (Å²) in [7, 11) is 1.79. The Morgan fingerprint density at radius 1 is 1.86 bits per heavy atom. The van der Waals surface area contributed by atoms with Gasteiger partial charge in [-0.3, -0.25) is 0 Å². The quantitative estimate of drug-likeness (QED) is 0.296. The highest BCUT2D eigenvalue weighted by Crippen LogP contribution is 1.92. The van der Waals surface area contributed by atoms with Crippen LogP contribution in [0.2, 0.25) is 0 Å². The van der Waals surface area contributed by atoms with Gasteiger partial charge in [-0.05, 0) is 0 Å². The molecular formula is C3H6IN3. The van der Waals surface area contributed by atoms with E-state index < -0.39 is 0 Å². The molecule has 0 aromatic carbocycles. The van der Waals surface area contributed by atoms with E-state index in [0.717, 1.165) is 0 Å². The first kappa shape index (κ1) is 6.87. The van der Waals surface area contributed by atoms with Crippen LogP contribution < -0.4 is 0 Å². The van der Waals surface area contributed by atoms with Crippen molar-refractivity contribution in [2.24, 2.45) is 10.3 Å². The minimum atomic E-state index is 1.38. The van der Waals surface area contributed by atoms with Crippen LogP contribution in [0.4, 0.5) is 0 Å². The van der Waals surface area contributed by atoms with Crippen LogP contribution in [-0.2, 0) is 0 Å². The summed E-state index contributed by atoms with van der Waals surface area (Å²) in [6.45, 7) is 3.34. The fourth-order valence-corrected chi connectivity index (χ4v) is 0.219. The number of hydrogen-bond donors (Lipinski definition) is 0. The fraction of sp³-hybridized carbons (Fsp3) is 0.333. The summed E-state index contributed by atoms with van der Waals surface area (Å²) >= 11 is 1.99. The summed E-state index contributed by atoms with van der Waals surface area (Å²) < 4.78 is 1.57. The van der Waals surface area contributed by atoms with Crippen molar-refractivity contribution in [2.45, 2.75) is 0 Å². The normalized spacial score (nSPS) is 9.43. The SMILES string of the molecule is C=C/N=N\N(C)I. The van der Waals surface area contributed by atoms with E-state index in [0.29, 0.717) is 0 Å². The third-order valence-electron chi connectivity index (χ3n) is 0.257. The van der Waals surface area contributed by atoms with Gasteiger partial charge in [-0.1, -0.05) is 11.8 Å². The molecule has 7 heavy (non-hydrogen) atoms. The third-order valence-corrected chi connectivity index (χ3v) is 0.450. The molecule has 0 bridgehead atoms. The van der Waals surface area contributed by atoms with Crippen LogP contribution in [0.5, 0.6) is 0 Å². The highest BCUT2D eigenvalue weighted by molar-refractivity contribution is 14.1. The van der Waals surface area contributed by atoms with Crippen molar-refractivity contribution in [3.05, 3.63) is 12.8 Å². The Balaban J connectivity index is 3.25. The zero-order chi connectivity index (χ0) is 5.70. The van der Waals surface area contributed by atoms with E-state index in [9.17, 15) is 0 Å². The molecule has 0 aliphatic rings. The van der Waals surface area contributed by atoms with E-state index in [1.165, 1.54) is 6.20 Å². The van der Waals surface area contributed by atoms with Gasteiger partial charge in [-0.15, -0.1) is 5.11 Å². The molecule has 0 atom stereocenters. The molecule has 0 aromatic rings. The summed E-state index contributed by atoms with van der Waals surface area (Å²) in [4.78, 5) is 0. The van der Waals surface area contributed by atoms with Crippen LogP contribution in [0.25, 0.3) is 0 Å². The van der Waals surface area contributed by atoms with Gasteiger partial charge in [0.05, 0.1) is 22.9 Å². The van der Waals surface area contributed by atoms with E-state index >= 15 is 0 Å². The van der Waals surface area contributed by atoms with E-state index in [2.05, 4.69) is 16.9 Å². The van der Waals surface area contributed by atoms with Gasteiger partial charge < -0.3 is 0 Å². The Hall–Kier alpha value is -0.130. The Morgan fingerprint density at radius 3 is 2.57 bits per heavy atom. The first-order valence-corrected chi connectivity index (χ1v) is 2.65. The Morgan fingerprint density at radius 2 is 2.43 bits per heavy atom. The zero-order valence-corrected chi connectivity index (χ0v) is 6.16. The minimum Gasteiger partial charge on any atom is -0.221 e. The summed E-state index contributed by atoms with van der Waals surface area (Å²) in [6.07, 6.45) is 1.38. The van der Waals surface area contributed by atoms with Crippen LogP contribution in [0.1, 0.15) is 0 Å². The lowest BCUT2D eigenvalue weighted by Gasteiger charge is -1.92. The van der Waals surface area contributed by atoms with Crippen LogP contribution in [-0.4, -0.2) is 10.3 Å². The van der Waals surface area contributed by atoms with Crippen molar-refractivity contribution >= 4 is 22.9 Å². The lowest BCUT2D eigenvalue weighted by Crippen LogP contribution is -1.87. The smallest absolute Gasteiger partial charge is 0.0795 e. The topological polar surface area (TPSA) is 28.0 Å². The third kappa shape index (κ3) is 5.87. The average molecular weight is 211 g/mol. The summed E-state index contributed by atoms with van der Waals surface area (Å²) in [5.74, 6) is 0. The van der Waals surface area contributed by atoms with Gasteiger partial charge in [-0.25, -0.2) is 3.22 Å². The zero-order valence-electron chi connectivity index (χ0n) is 4.00. The fourth-order valence-electron chi connectivity index (χ4n) is 0.108. The predicted molar refractivity (Wildman–Crippen MR) is 36.8 cm³/mol. The van der Waals surface area contributed by atoms with Gasteiger partial charge in [0.2, 0.25) is 0 Å². The first-order valence-electron chi connectivity index (χ1n) is 1.68. The molecule has 0 saturated carbocycles. The molecule has 0 N–H and O–H groups in total. The van der Waals surface area contributed by atoms with Crippen molar-refractivity contribution in [3.63, 3.8) is 0 Å². The number of hydrogen-bond acceptors (Lipinski definition) is 2. The summed E-state index contributed by atoms with van der Waals surface area (Å²) in [5, 5.41) is 7.05. The largest absolute Gasteiger partial charge is 0.221 e. The van der Waals surface area contributed by atoms with Crippen LogP contribution >= 0.6 is 22.9 Å². The van der Waals surface area contributed by atoms with Crippen molar-refractivity contribution in [2.75, 3.05) is 7.05 Å². The van der Waals surface area contributed by atoms with E-state index in [-0.39, 0.29) is 0 Å². The molecule has 0 rings (SSSR count). The molecule has 0 amide bonds. The summed E-state index contributed by atoms with van der Waals surface area (Å²) in [6, 6.07) is 0. The van der Waals surface area contributed by atoms with Crippen LogP contribution in [0, 0.1) is 0 Å². The van der Waals surface area contributed by atoms with E-state index in [4.69, 9.17) is 0 Å². The van der Waals surface area contributed by atoms with Gasteiger partial charge in [-0.2, -0.15) is 0 Å². The highest BCUT2D eigenvalue weighted by Gasteiger charge is 1.73.